The zero-order valence-electron chi connectivity index (χ0n) is 21.4. The quantitative estimate of drug-likeness (QED) is 0.449. The third-order valence-electron chi connectivity index (χ3n) is 8.04. The van der Waals surface area contributed by atoms with Crippen molar-refractivity contribution in [2.75, 3.05) is 32.2 Å². The van der Waals surface area contributed by atoms with Gasteiger partial charge in [-0.3, -0.25) is 9.59 Å². The molecule has 0 radical (unpaired) electrons. The van der Waals surface area contributed by atoms with E-state index in [1.54, 1.807) is 0 Å². The van der Waals surface area contributed by atoms with Crippen LogP contribution in [0.4, 0.5) is 5.69 Å². The van der Waals surface area contributed by atoms with E-state index < -0.39 is 0 Å². The van der Waals surface area contributed by atoms with Gasteiger partial charge in [0.15, 0.2) is 0 Å². The highest BCUT2D eigenvalue weighted by Gasteiger charge is 2.63. The minimum atomic E-state index is -0.0532. The number of methoxy groups -OCH3 is 2. The molecular weight excluding hydrogens is 579 g/mol. The van der Waals surface area contributed by atoms with Crippen LogP contribution in [0.25, 0.3) is 0 Å². The number of nitrogens with one attached hydrogen (secondary N) is 1. The topological polar surface area (TPSA) is 67.9 Å². The van der Waals surface area contributed by atoms with E-state index >= 15 is 0 Å². The van der Waals surface area contributed by atoms with Crippen LogP contribution in [0.5, 0.6) is 0 Å². The molecule has 9 heteroatoms. The fourth-order valence-electron chi connectivity index (χ4n) is 6.09. The number of ether oxygens (including phenoxy) is 2. The number of carbonyl (C=O) groups excluding carboxylic acids is 2. The lowest BCUT2D eigenvalue weighted by Crippen LogP contribution is -2.33. The Labute approximate surface area is 237 Å². The molecule has 2 saturated carbocycles. The fraction of sp³-hybridized carbons (Fsp3) is 0.500. The van der Waals surface area contributed by atoms with Gasteiger partial charge < -0.3 is 19.7 Å². The van der Waals surface area contributed by atoms with Gasteiger partial charge >= 0.3 is 11.9 Å². The predicted molar refractivity (Wildman–Crippen MR) is 150 cm³/mol. The van der Waals surface area contributed by atoms with Crippen molar-refractivity contribution in [3.63, 3.8) is 0 Å². The van der Waals surface area contributed by atoms with Crippen LogP contribution in [0.15, 0.2) is 53.0 Å². The molecule has 0 spiro atoms. The van der Waals surface area contributed by atoms with E-state index in [1.807, 2.05) is 42.5 Å². The van der Waals surface area contributed by atoms with Crippen LogP contribution in [0, 0.1) is 35.5 Å². The minimum Gasteiger partial charge on any atom is -0.469 e. The Morgan fingerprint density at radius 3 is 1.95 bits per heavy atom. The Morgan fingerprint density at radius 1 is 0.919 bits per heavy atom. The molecule has 6 rings (SSSR count). The van der Waals surface area contributed by atoms with Crippen molar-refractivity contribution >= 4 is 56.8 Å². The number of rotatable bonds is 3. The molecule has 2 aromatic carbocycles. The second-order valence-electron chi connectivity index (χ2n) is 10.1. The first-order valence-corrected chi connectivity index (χ1v) is 14.0. The zero-order chi connectivity index (χ0) is 26.9. The van der Waals surface area contributed by atoms with Gasteiger partial charge in [-0.15, -0.1) is 0 Å². The second kappa shape index (κ2) is 11.9. The summed E-state index contributed by atoms with van der Waals surface area (Å²) >= 11 is 14.9. The van der Waals surface area contributed by atoms with Gasteiger partial charge in [0, 0.05) is 38.8 Å². The summed E-state index contributed by atoms with van der Waals surface area (Å²) in [4.78, 5) is 25.0. The monoisotopic (exact) mass is 610 g/mol. The molecule has 200 valence electrons. The van der Waals surface area contributed by atoms with E-state index in [2.05, 4.69) is 46.1 Å². The number of anilines is 1. The highest BCUT2D eigenvalue weighted by atomic mass is 79.9. The number of carbonyl (C=O) groups is 2. The summed E-state index contributed by atoms with van der Waals surface area (Å²) in [5.41, 5.74) is 1.14. The summed E-state index contributed by atoms with van der Waals surface area (Å²) in [6, 6.07) is 16.3. The van der Waals surface area contributed by atoms with Gasteiger partial charge in [-0.05, 0) is 80.5 Å². The average Bonchev–Trinajstić information content (AvgIpc) is 3.71. The fourth-order valence-corrected chi connectivity index (χ4v) is 7.00. The first-order chi connectivity index (χ1) is 17.7. The number of benzene rings is 2. The number of esters is 2. The minimum absolute atomic E-state index is 0.0200. The molecule has 37 heavy (non-hydrogen) atoms. The SMILES string of the molecule is COC(=O)[C@@H]1[C@H]2CN(c3cccc(Cl)c3)C(C)[C@H]21.COC(=O)[C@@H]1[C@H]2CNC(C)[C@H]21.Clc1cccc(Br)c1. The van der Waals surface area contributed by atoms with Gasteiger partial charge in [-0.2, -0.15) is 0 Å². The average molecular weight is 612 g/mol. The van der Waals surface area contributed by atoms with E-state index in [0.29, 0.717) is 35.8 Å². The second-order valence-corrected chi connectivity index (χ2v) is 11.9. The zero-order valence-corrected chi connectivity index (χ0v) is 24.5. The van der Waals surface area contributed by atoms with E-state index in [4.69, 9.17) is 32.7 Å². The Morgan fingerprint density at radius 2 is 1.51 bits per heavy atom. The maximum Gasteiger partial charge on any atom is 0.309 e. The van der Waals surface area contributed by atoms with Crippen LogP contribution < -0.4 is 10.2 Å². The number of hydrogen-bond acceptors (Lipinski definition) is 6. The van der Waals surface area contributed by atoms with Crippen molar-refractivity contribution in [2.24, 2.45) is 35.5 Å². The molecule has 1 N–H and O–H groups in total. The van der Waals surface area contributed by atoms with Gasteiger partial charge in [0.1, 0.15) is 0 Å². The third-order valence-corrected chi connectivity index (χ3v) is 9.00. The molecule has 2 aliphatic carbocycles. The van der Waals surface area contributed by atoms with Crippen LogP contribution in [0.3, 0.4) is 0 Å². The molecule has 6 nitrogen and oxygen atoms in total. The number of halogens is 3. The summed E-state index contributed by atoms with van der Waals surface area (Å²) in [6.45, 7) is 6.22. The Kier molecular flexibility index (Phi) is 9.10. The number of hydrogen-bond donors (Lipinski definition) is 1. The van der Waals surface area contributed by atoms with E-state index in [-0.39, 0.29) is 23.8 Å². The molecule has 2 unspecified atom stereocenters. The first-order valence-electron chi connectivity index (χ1n) is 12.5. The van der Waals surface area contributed by atoms with Crippen LogP contribution in [0.2, 0.25) is 10.0 Å². The van der Waals surface area contributed by atoms with E-state index in [9.17, 15) is 9.59 Å². The van der Waals surface area contributed by atoms with Crippen LogP contribution >= 0.6 is 39.1 Å². The molecule has 0 amide bonds. The molecule has 2 saturated heterocycles. The van der Waals surface area contributed by atoms with E-state index in [0.717, 1.165) is 33.3 Å². The molecule has 8 atom stereocenters. The Hall–Kier alpha value is -1.80. The summed E-state index contributed by atoms with van der Waals surface area (Å²) in [7, 11) is 2.93. The highest BCUT2D eigenvalue weighted by molar-refractivity contribution is 9.10. The number of fused-ring (bicyclic) bond motifs is 2. The normalized spacial score (nSPS) is 32.0. The Balaban J connectivity index is 0.000000143. The molecule has 0 bridgehead atoms. The molecule has 2 aromatic rings. The van der Waals surface area contributed by atoms with Gasteiger partial charge in [0.05, 0.1) is 26.1 Å². The van der Waals surface area contributed by atoms with Crippen molar-refractivity contribution in [3.05, 3.63) is 63.0 Å². The van der Waals surface area contributed by atoms with Crippen LogP contribution in [-0.2, 0) is 19.1 Å². The molecule has 0 aromatic heterocycles. The molecular formula is C28H33BrCl2N2O4. The van der Waals surface area contributed by atoms with Crippen LogP contribution in [-0.4, -0.2) is 51.3 Å². The van der Waals surface area contributed by atoms with Crippen molar-refractivity contribution in [1.82, 2.24) is 5.32 Å². The predicted octanol–water partition coefficient (Wildman–Crippen LogP) is 5.70. The van der Waals surface area contributed by atoms with Gasteiger partial charge in [0.25, 0.3) is 0 Å². The summed E-state index contributed by atoms with van der Waals surface area (Å²) < 4.78 is 10.6. The number of piperidine rings is 2. The molecule has 4 aliphatic rings. The Bertz CT molecular complexity index is 1120. The third kappa shape index (κ3) is 6.27. The lowest BCUT2D eigenvalue weighted by atomic mass is 10.1. The van der Waals surface area contributed by atoms with Crippen molar-refractivity contribution in [3.8, 4) is 0 Å². The van der Waals surface area contributed by atoms with Gasteiger partial charge in [-0.1, -0.05) is 51.3 Å². The molecule has 4 fully saturated rings. The van der Waals surface area contributed by atoms with Gasteiger partial charge in [-0.25, -0.2) is 0 Å². The summed E-state index contributed by atoms with van der Waals surface area (Å²) in [5, 5.41) is 4.84. The summed E-state index contributed by atoms with van der Waals surface area (Å²) in [6.07, 6.45) is 0. The van der Waals surface area contributed by atoms with E-state index in [1.165, 1.54) is 14.2 Å². The maximum absolute atomic E-state index is 11.6. The van der Waals surface area contributed by atoms with Crippen molar-refractivity contribution in [2.45, 2.75) is 25.9 Å². The standard InChI is InChI=1S/C14H16ClNO2.C8H13NO2.C6H4BrCl/c1-8-12-11(13(12)14(17)18-2)7-16(8)10-5-3-4-9(15)6-10;1-4-6-5(3-9-4)7(6)8(10)11-2;7-5-2-1-3-6(8)4-5/h3-6,8,11-13H,7H2,1-2H3;4-7,9H,3H2,1-2H3;1-4H/t8?,11-,12+,13+;4?,5-,6+,7+;/m00./s1. The maximum atomic E-state index is 11.6. The summed E-state index contributed by atoms with van der Waals surface area (Å²) in [5.74, 6) is 2.26. The van der Waals surface area contributed by atoms with Crippen molar-refractivity contribution in [1.29, 1.82) is 0 Å². The lowest BCUT2D eigenvalue weighted by Gasteiger charge is -2.28. The van der Waals surface area contributed by atoms with Gasteiger partial charge in [0.2, 0.25) is 0 Å². The smallest absolute Gasteiger partial charge is 0.309 e. The number of nitrogens with zero attached hydrogens (tertiary/aromatic N) is 1. The lowest BCUT2D eigenvalue weighted by molar-refractivity contribution is -0.143. The first kappa shape index (κ1) is 28.2. The largest absolute Gasteiger partial charge is 0.469 e. The molecule has 2 aliphatic heterocycles. The molecule has 2 heterocycles. The van der Waals surface area contributed by atoms with Crippen molar-refractivity contribution < 1.29 is 19.1 Å². The highest BCUT2D eigenvalue weighted by Crippen LogP contribution is 2.56. The van der Waals surface area contributed by atoms with Crippen LogP contribution in [0.1, 0.15) is 13.8 Å².